The number of amides is 2. The molecule has 0 aromatic heterocycles. The van der Waals surface area contributed by atoms with E-state index in [0.29, 0.717) is 5.56 Å². The van der Waals surface area contributed by atoms with Crippen LogP contribution in [0.1, 0.15) is 18.5 Å². The maximum Gasteiger partial charge on any atom is 0.325 e. The van der Waals surface area contributed by atoms with Gasteiger partial charge in [0, 0.05) is 0 Å². The molecule has 7 nitrogen and oxygen atoms in total. The molecule has 2 atom stereocenters. The van der Waals surface area contributed by atoms with Crippen LogP contribution in [0.4, 0.5) is 0 Å². The van der Waals surface area contributed by atoms with Crippen molar-refractivity contribution in [1.82, 2.24) is 10.6 Å². The lowest BCUT2D eigenvalue weighted by Crippen LogP contribution is -2.46. The Kier molecular flexibility index (Phi) is 5.67. The third-order valence-corrected chi connectivity index (χ3v) is 2.57. The number of aliphatic hydroxyl groups excluding tert-OH is 1. The number of nitrogens with one attached hydrogen (secondary N) is 2. The van der Waals surface area contributed by atoms with E-state index in [1.54, 1.807) is 30.3 Å². The number of aliphatic hydroxyl groups is 1. The fourth-order valence-electron chi connectivity index (χ4n) is 1.51. The number of carbonyl (C=O) groups excluding carboxylic acids is 2. The summed E-state index contributed by atoms with van der Waals surface area (Å²) in [5.74, 6) is -2.57. The lowest BCUT2D eigenvalue weighted by Gasteiger charge is -2.19. The summed E-state index contributed by atoms with van der Waals surface area (Å²) in [5, 5.41) is 22.1. The largest absolute Gasteiger partial charge is 0.480 e. The molecule has 0 fully saturated rings. The maximum absolute atomic E-state index is 12.0. The number of rotatable bonds is 6. The molecule has 2 unspecified atom stereocenters. The topological polar surface area (TPSA) is 116 Å². The first-order valence-electron chi connectivity index (χ1n) is 5.94. The van der Waals surface area contributed by atoms with Gasteiger partial charge < -0.3 is 20.8 Å². The van der Waals surface area contributed by atoms with E-state index in [-0.39, 0.29) is 0 Å². The van der Waals surface area contributed by atoms with Crippen molar-refractivity contribution in [1.29, 1.82) is 0 Å². The van der Waals surface area contributed by atoms with Gasteiger partial charge >= 0.3 is 5.97 Å². The number of hydrogen-bond donors (Lipinski definition) is 4. The molecule has 0 aliphatic carbocycles. The van der Waals surface area contributed by atoms with E-state index >= 15 is 0 Å². The highest BCUT2D eigenvalue weighted by atomic mass is 16.4. The highest BCUT2D eigenvalue weighted by Crippen LogP contribution is 2.13. The van der Waals surface area contributed by atoms with Gasteiger partial charge in [0.15, 0.2) is 0 Å². The molecule has 108 valence electrons. The van der Waals surface area contributed by atoms with Gasteiger partial charge in [-0.3, -0.25) is 14.4 Å². The molecule has 0 spiro atoms. The minimum absolute atomic E-state index is 0.490. The molecule has 20 heavy (non-hydrogen) atoms. The van der Waals surface area contributed by atoms with E-state index in [1.807, 2.05) is 0 Å². The molecule has 7 heteroatoms. The summed E-state index contributed by atoms with van der Waals surface area (Å²) in [4.78, 5) is 34.0. The smallest absolute Gasteiger partial charge is 0.325 e. The van der Waals surface area contributed by atoms with E-state index in [1.165, 1.54) is 6.92 Å². The molecule has 1 aromatic rings. The summed E-state index contributed by atoms with van der Waals surface area (Å²) in [7, 11) is 0. The molecular formula is C13H16N2O5. The summed E-state index contributed by atoms with van der Waals surface area (Å²) in [6.07, 6.45) is 0. The second kappa shape index (κ2) is 7.25. The van der Waals surface area contributed by atoms with Gasteiger partial charge in [0.25, 0.3) is 0 Å². The van der Waals surface area contributed by atoms with Crippen molar-refractivity contribution in [2.45, 2.75) is 19.0 Å². The van der Waals surface area contributed by atoms with Gasteiger partial charge in [0.2, 0.25) is 11.8 Å². The molecule has 0 radical (unpaired) electrons. The summed E-state index contributed by atoms with van der Waals surface area (Å²) < 4.78 is 0. The predicted molar refractivity (Wildman–Crippen MR) is 69.7 cm³/mol. The second-order valence-electron chi connectivity index (χ2n) is 4.14. The summed E-state index contributed by atoms with van der Waals surface area (Å²) in [6, 6.07) is 6.20. The van der Waals surface area contributed by atoms with Crippen LogP contribution >= 0.6 is 0 Å². The van der Waals surface area contributed by atoms with Gasteiger partial charge in [-0.15, -0.1) is 0 Å². The van der Waals surface area contributed by atoms with Crippen LogP contribution in [0.2, 0.25) is 0 Å². The monoisotopic (exact) mass is 280 g/mol. The first kappa shape index (κ1) is 15.6. The van der Waals surface area contributed by atoms with Crippen LogP contribution in [0.25, 0.3) is 0 Å². The van der Waals surface area contributed by atoms with Crippen LogP contribution in [0.3, 0.4) is 0 Å². The first-order valence-corrected chi connectivity index (χ1v) is 5.94. The van der Waals surface area contributed by atoms with E-state index in [9.17, 15) is 14.4 Å². The van der Waals surface area contributed by atoms with Gasteiger partial charge in [-0.2, -0.15) is 0 Å². The third-order valence-electron chi connectivity index (χ3n) is 2.57. The van der Waals surface area contributed by atoms with Crippen molar-refractivity contribution in [3.8, 4) is 0 Å². The van der Waals surface area contributed by atoms with Crippen molar-refractivity contribution >= 4 is 17.8 Å². The Labute approximate surface area is 115 Å². The summed E-state index contributed by atoms with van der Waals surface area (Å²) >= 11 is 0. The van der Waals surface area contributed by atoms with Crippen LogP contribution in [-0.4, -0.2) is 40.6 Å². The summed E-state index contributed by atoms with van der Waals surface area (Å²) in [5.41, 5.74) is 0.490. The lowest BCUT2D eigenvalue weighted by atomic mass is 10.1. The molecule has 0 aliphatic heterocycles. The molecule has 1 aromatic carbocycles. The first-order chi connectivity index (χ1) is 9.45. The molecule has 4 N–H and O–H groups in total. The average Bonchev–Trinajstić information content (AvgIpc) is 2.44. The standard InChI is InChI=1S/C13H16N2O5/c1-8(13(19)20)14-12(18)11(15-10(17)7-16)9-5-3-2-4-6-9/h2-6,8,11,16H,7H2,1H3,(H,14,18)(H,15,17)(H,19,20). The third kappa shape index (κ3) is 4.36. The van der Waals surface area contributed by atoms with E-state index < -0.39 is 36.5 Å². The Morgan fingerprint density at radius 1 is 1.15 bits per heavy atom. The Hall–Kier alpha value is -2.41. The van der Waals surface area contributed by atoms with Gasteiger partial charge in [0.05, 0.1) is 0 Å². The zero-order valence-corrected chi connectivity index (χ0v) is 10.9. The number of carboxylic acids is 1. The predicted octanol–water partition coefficient (Wildman–Crippen LogP) is -0.574. The van der Waals surface area contributed by atoms with Crippen LogP contribution < -0.4 is 10.6 Å². The number of hydrogen-bond acceptors (Lipinski definition) is 4. The highest BCUT2D eigenvalue weighted by Gasteiger charge is 2.25. The van der Waals surface area contributed by atoms with E-state index in [0.717, 1.165) is 0 Å². The van der Waals surface area contributed by atoms with Gasteiger partial charge in [-0.25, -0.2) is 0 Å². The number of carbonyl (C=O) groups is 3. The Balaban J connectivity index is 2.90. The van der Waals surface area contributed by atoms with Crippen LogP contribution in [0.5, 0.6) is 0 Å². The van der Waals surface area contributed by atoms with Crippen LogP contribution in [-0.2, 0) is 14.4 Å². The zero-order chi connectivity index (χ0) is 15.1. The quantitative estimate of drug-likeness (QED) is 0.556. The normalized spacial score (nSPS) is 13.1. The van der Waals surface area contributed by atoms with Gasteiger partial charge in [-0.1, -0.05) is 30.3 Å². The Bertz CT molecular complexity index is 489. The Morgan fingerprint density at radius 3 is 2.25 bits per heavy atom. The van der Waals surface area contributed by atoms with Crippen LogP contribution in [0, 0.1) is 0 Å². The van der Waals surface area contributed by atoms with Crippen molar-refractivity contribution in [2.75, 3.05) is 6.61 Å². The van der Waals surface area contributed by atoms with Crippen molar-refractivity contribution in [2.24, 2.45) is 0 Å². The minimum atomic E-state index is -1.18. The molecule has 0 bridgehead atoms. The molecule has 0 aliphatic rings. The fourth-order valence-corrected chi connectivity index (χ4v) is 1.51. The number of carboxylic acid groups (broad SMARTS) is 1. The van der Waals surface area contributed by atoms with Crippen LogP contribution in [0.15, 0.2) is 30.3 Å². The van der Waals surface area contributed by atoms with E-state index in [4.69, 9.17) is 10.2 Å². The molecular weight excluding hydrogens is 264 g/mol. The lowest BCUT2D eigenvalue weighted by molar-refractivity contribution is -0.141. The molecule has 0 heterocycles. The molecule has 1 rings (SSSR count). The minimum Gasteiger partial charge on any atom is -0.480 e. The van der Waals surface area contributed by atoms with E-state index in [2.05, 4.69) is 10.6 Å². The maximum atomic E-state index is 12.0. The van der Waals surface area contributed by atoms with Gasteiger partial charge in [0.1, 0.15) is 18.7 Å². The van der Waals surface area contributed by atoms with Gasteiger partial charge in [-0.05, 0) is 12.5 Å². The van der Waals surface area contributed by atoms with Crippen molar-refractivity contribution < 1.29 is 24.6 Å². The average molecular weight is 280 g/mol. The van der Waals surface area contributed by atoms with Crippen molar-refractivity contribution in [3.05, 3.63) is 35.9 Å². The summed E-state index contributed by atoms with van der Waals surface area (Å²) in [6.45, 7) is 0.557. The van der Waals surface area contributed by atoms with Crippen molar-refractivity contribution in [3.63, 3.8) is 0 Å². The zero-order valence-electron chi connectivity index (χ0n) is 10.9. The number of aliphatic carboxylic acids is 1. The second-order valence-corrected chi connectivity index (χ2v) is 4.14. The molecule has 0 saturated heterocycles. The Morgan fingerprint density at radius 2 is 1.75 bits per heavy atom. The fraction of sp³-hybridized carbons (Fsp3) is 0.308. The molecule has 0 saturated carbocycles. The SMILES string of the molecule is CC(NC(=O)C(NC(=O)CO)c1ccccc1)C(=O)O. The highest BCUT2D eigenvalue weighted by molar-refractivity contribution is 5.91. The molecule has 2 amide bonds. The number of benzene rings is 1.